The van der Waals surface area contributed by atoms with Crippen molar-refractivity contribution < 1.29 is 14.3 Å². The van der Waals surface area contributed by atoms with Gasteiger partial charge in [0.25, 0.3) is 0 Å². The van der Waals surface area contributed by atoms with Gasteiger partial charge in [0.15, 0.2) is 0 Å². The molecule has 1 aromatic heterocycles. The minimum Gasteiger partial charge on any atom is -0.491 e. The zero-order valence-electron chi connectivity index (χ0n) is 19.7. The van der Waals surface area contributed by atoms with Crippen molar-refractivity contribution in [3.63, 3.8) is 0 Å². The molecule has 32 heavy (non-hydrogen) atoms. The van der Waals surface area contributed by atoms with Gasteiger partial charge >= 0.3 is 6.03 Å². The number of urea groups is 1. The molecule has 7 heteroatoms. The maximum Gasteiger partial charge on any atom is 0.319 e. The first-order valence-electron chi connectivity index (χ1n) is 11.5. The van der Waals surface area contributed by atoms with Crippen LogP contribution in [0.25, 0.3) is 0 Å². The lowest BCUT2D eigenvalue weighted by atomic mass is 9.83. The number of rotatable bonds is 8. The summed E-state index contributed by atoms with van der Waals surface area (Å²) < 4.78 is 11.5. The molecule has 3 rings (SSSR count). The van der Waals surface area contributed by atoms with Gasteiger partial charge in [-0.1, -0.05) is 40.2 Å². The van der Waals surface area contributed by atoms with Crippen molar-refractivity contribution in [2.24, 2.45) is 5.41 Å². The molecule has 0 saturated carbocycles. The Balaban J connectivity index is 1.76. The van der Waals surface area contributed by atoms with Gasteiger partial charge in [0.05, 0.1) is 31.5 Å². The molecule has 1 aromatic carbocycles. The number of nitrogens with zero attached hydrogens (tertiary/aromatic N) is 2. The molecule has 1 atom stereocenters. The van der Waals surface area contributed by atoms with Crippen molar-refractivity contribution in [3.8, 4) is 5.75 Å². The minimum atomic E-state index is -0.270. The lowest BCUT2D eigenvalue weighted by Crippen LogP contribution is -2.39. The Morgan fingerprint density at radius 3 is 2.69 bits per heavy atom. The Morgan fingerprint density at radius 2 is 2.03 bits per heavy atom. The van der Waals surface area contributed by atoms with Crippen LogP contribution in [-0.2, 0) is 4.74 Å². The number of hydrogen-bond acceptors (Lipinski definition) is 5. The van der Waals surface area contributed by atoms with Crippen LogP contribution in [0.15, 0.2) is 42.7 Å². The fraction of sp³-hybridized carbons (Fsp3) is 0.520. The van der Waals surface area contributed by atoms with Gasteiger partial charge in [0.2, 0.25) is 0 Å². The summed E-state index contributed by atoms with van der Waals surface area (Å²) >= 11 is 0. The van der Waals surface area contributed by atoms with Crippen molar-refractivity contribution in [2.75, 3.05) is 43.1 Å². The van der Waals surface area contributed by atoms with E-state index in [1.807, 2.05) is 30.3 Å². The van der Waals surface area contributed by atoms with Crippen molar-refractivity contribution in [3.05, 3.63) is 48.3 Å². The first-order valence-corrected chi connectivity index (χ1v) is 11.5. The summed E-state index contributed by atoms with van der Waals surface area (Å²) in [5, 5.41) is 6.12. The normalized spacial score (nSPS) is 15.2. The number of morpholine rings is 1. The van der Waals surface area contributed by atoms with Crippen LogP contribution >= 0.6 is 0 Å². The maximum absolute atomic E-state index is 13.0. The number of amides is 2. The van der Waals surface area contributed by atoms with E-state index in [4.69, 9.17) is 9.47 Å². The van der Waals surface area contributed by atoms with E-state index in [-0.39, 0.29) is 17.5 Å². The molecule has 2 heterocycles. The number of ether oxygens (including phenoxy) is 2. The Bertz CT molecular complexity index is 861. The molecule has 0 aliphatic carbocycles. The van der Waals surface area contributed by atoms with Crippen LogP contribution in [0.3, 0.4) is 0 Å². The van der Waals surface area contributed by atoms with Gasteiger partial charge in [-0.25, -0.2) is 4.79 Å². The summed E-state index contributed by atoms with van der Waals surface area (Å²) in [5.41, 5.74) is 2.53. The van der Waals surface area contributed by atoms with Crippen molar-refractivity contribution in [1.29, 1.82) is 0 Å². The number of benzene rings is 1. The Morgan fingerprint density at radius 1 is 1.25 bits per heavy atom. The van der Waals surface area contributed by atoms with Crippen LogP contribution in [0.1, 0.15) is 52.1 Å². The van der Waals surface area contributed by atoms with E-state index in [0.29, 0.717) is 18.0 Å². The number of unbranched alkanes of at least 4 members (excludes halogenated alkanes) is 1. The molecule has 7 nitrogen and oxygen atoms in total. The predicted octanol–water partition coefficient (Wildman–Crippen LogP) is 5.01. The molecular weight excluding hydrogens is 404 g/mol. The topological polar surface area (TPSA) is 75.7 Å². The summed E-state index contributed by atoms with van der Waals surface area (Å²) in [4.78, 5) is 19.5. The molecule has 1 saturated heterocycles. The maximum atomic E-state index is 13.0. The minimum absolute atomic E-state index is 0.180. The highest BCUT2D eigenvalue weighted by molar-refractivity contribution is 5.91. The van der Waals surface area contributed by atoms with Crippen LogP contribution in [0.4, 0.5) is 16.2 Å². The van der Waals surface area contributed by atoms with Crippen LogP contribution in [0.5, 0.6) is 5.75 Å². The van der Waals surface area contributed by atoms with Crippen LogP contribution in [-0.4, -0.2) is 43.9 Å². The molecule has 0 radical (unpaired) electrons. The first-order chi connectivity index (χ1) is 15.4. The van der Waals surface area contributed by atoms with E-state index in [1.54, 1.807) is 12.4 Å². The van der Waals surface area contributed by atoms with Crippen molar-refractivity contribution >= 4 is 17.4 Å². The summed E-state index contributed by atoms with van der Waals surface area (Å²) in [5.74, 6) is 0.686. The highest BCUT2D eigenvalue weighted by atomic mass is 16.5. The molecule has 1 aliphatic heterocycles. The molecule has 0 bridgehead atoms. The number of carbonyl (C=O) groups excluding carboxylic acids is 1. The molecule has 0 spiro atoms. The third-order valence-electron chi connectivity index (χ3n) is 5.50. The van der Waals surface area contributed by atoms with Crippen LogP contribution < -0.4 is 20.3 Å². The lowest BCUT2D eigenvalue weighted by molar-refractivity contribution is 0.122. The zero-order valence-corrected chi connectivity index (χ0v) is 19.7. The third-order valence-corrected chi connectivity index (χ3v) is 5.50. The molecule has 1 unspecified atom stereocenters. The van der Waals surface area contributed by atoms with E-state index >= 15 is 0 Å². The van der Waals surface area contributed by atoms with E-state index in [9.17, 15) is 4.79 Å². The van der Waals surface area contributed by atoms with E-state index in [0.717, 1.165) is 50.4 Å². The van der Waals surface area contributed by atoms with Gasteiger partial charge in [0, 0.05) is 37.2 Å². The predicted molar refractivity (Wildman–Crippen MR) is 128 cm³/mol. The number of hydrogen-bond donors (Lipinski definition) is 2. The Hall–Kier alpha value is -2.80. The number of anilines is 2. The Kier molecular flexibility index (Phi) is 8.33. The van der Waals surface area contributed by atoms with Gasteiger partial charge < -0.3 is 25.0 Å². The second kappa shape index (κ2) is 11.2. The van der Waals surface area contributed by atoms with Crippen LogP contribution in [0, 0.1) is 5.41 Å². The fourth-order valence-corrected chi connectivity index (χ4v) is 3.71. The second-order valence-corrected chi connectivity index (χ2v) is 9.17. The third kappa shape index (κ3) is 6.60. The molecule has 2 N–H and O–H groups in total. The second-order valence-electron chi connectivity index (χ2n) is 9.17. The summed E-state index contributed by atoms with van der Waals surface area (Å²) in [6, 6.07) is 9.37. The van der Waals surface area contributed by atoms with Crippen molar-refractivity contribution in [1.82, 2.24) is 10.3 Å². The fourth-order valence-electron chi connectivity index (χ4n) is 3.71. The smallest absolute Gasteiger partial charge is 0.319 e. The van der Waals surface area contributed by atoms with E-state index in [1.165, 1.54) is 0 Å². The van der Waals surface area contributed by atoms with Gasteiger partial charge in [-0.05, 0) is 35.6 Å². The number of nitrogens with one attached hydrogen (secondary N) is 2. The molecule has 174 valence electrons. The van der Waals surface area contributed by atoms with Gasteiger partial charge in [0.1, 0.15) is 5.75 Å². The average molecular weight is 441 g/mol. The molecule has 2 amide bonds. The monoisotopic (exact) mass is 440 g/mol. The standard InChI is InChI=1S/C25H36N4O3/c1-5-6-14-32-22-17-20(29-12-15-31-16-13-29)9-10-21(22)27-24(30)28-23(25(2,3)4)19-8-7-11-26-18-19/h7-11,17-18,23H,5-6,12-16H2,1-4H3,(H2,27,28,30). The van der Waals surface area contributed by atoms with Gasteiger partial charge in [-0.2, -0.15) is 0 Å². The van der Waals surface area contributed by atoms with Gasteiger partial charge in [-0.15, -0.1) is 0 Å². The highest BCUT2D eigenvalue weighted by Crippen LogP contribution is 2.34. The number of carbonyl (C=O) groups is 1. The quantitative estimate of drug-likeness (QED) is 0.565. The summed E-state index contributed by atoms with van der Waals surface area (Å²) in [6.45, 7) is 12.2. The largest absolute Gasteiger partial charge is 0.491 e. The average Bonchev–Trinajstić information content (AvgIpc) is 2.79. The highest BCUT2D eigenvalue weighted by Gasteiger charge is 2.28. The summed E-state index contributed by atoms with van der Waals surface area (Å²) in [6.07, 6.45) is 5.54. The van der Waals surface area contributed by atoms with Crippen LogP contribution in [0.2, 0.25) is 0 Å². The van der Waals surface area contributed by atoms with Gasteiger partial charge in [-0.3, -0.25) is 4.98 Å². The van der Waals surface area contributed by atoms with E-state index in [2.05, 4.69) is 48.2 Å². The lowest BCUT2D eigenvalue weighted by Gasteiger charge is -2.32. The van der Waals surface area contributed by atoms with Crippen molar-refractivity contribution in [2.45, 2.75) is 46.6 Å². The summed E-state index contributed by atoms with van der Waals surface area (Å²) in [7, 11) is 0. The SMILES string of the molecule is CCCCOc1cc(N2CCOCC2)ccc1NC(=O)NC(c1cccnc1)C(C)(C)C. The Labute approximate surface area is 191 Å². The first kappa shape index (κ1) is 23.9. The molecular formula is C25H36N4O3. The number of aromatic nitrogens is 1. The van der Waals surface area contributed by atoms with E-state index < -0.39 is 0 Å². The number of pyridine rings is 1. The molecule has 2 aromatic rings. The molecule has 1 aliphatic rings. The zero-order chi connectivity index (χ0) is 23.0. The molecule has 1 fully saturated rings.